The molecule has 0 saturated heterocycles. The molecule has 0 aliphatic rings. The third-order valence-corrected chi connectivity index (χ3v) is 4.63. The second-order valence-electron chi connectivity index (χ2n) is 5.11. The summed E-state index contributed by atoms with van der Waals surface area (Å²) in [7, 11) is -3.77. The molecule has 1 aromatic heterocycles. The monoisotopic (exact) mass is 365 g/mol. The van der Waals surface area contributed by atoms with Crippen LogP contribution in [0.5, 0.6) is 0 Å². The van der Waals surface area contributed by atoms with E-state index in [1.54, 1.807) is 47.1 Å². The molecule has 0 aliphatic heterocycles. The molecule has 0 atom stereocenters. The SMILES string of the molecule is NS(=O)(=O)c1ccc(-n2nc(CF)cc2-c2ccc(Cl)cc2)cc1. The van der Waals surface area contributed by atoms with Gasteiger partial charge in [0.2, 0.25) is 10.0 Å². The number of nitrogens with zero attached hydrogens (tertiary/aromatic N) is 2. The van der Waals surface area contributed by atoms with Gasteiger partial charge >= 0.3 is 0 Å². The summed E-state index contributed by atoms with van der Waals surface area (Å²) in [5.41, 5.74) is 2.34. The van der Waals surface area contributed by atoms with Crippen molar-refractivity contribution >= 4 is 21.6 Å². The Kier molecular flexibility index (Phi) is 4.40. The summed E-state index contributed by atoms with van der Waals surface area (Å²) in [6.45, 7) is -0.706. The first-order valence-electron chi connectivity index (χ1n) is 6.92. The fourth-order valence-electron chi connectivity index (χ4n) is 2.30. The Balaban J connectivity index is 2.10. The molecular formula is C16H13ClFN3O2S. The highest BCUT2D eigenvalue weighted by molar-refractivity contribution is 7.89. The Hall–Kier alpha value is -2.22. The Labute approximate surface area is 143 Å². The quantitative estimate of drug-likeness (QED) is 0.770. The summed E-state index contributed by atoms with van der Waals surface area (Å²) in [6, 6.07) is 14.6. The van der Waals surface area contributed by atoms with Gasteiger partial charge in [0.15, 0.2) is 0 Å². The zero-order valence-electron chi connectivity index (χ0n) is 12.4. The van der Waals surface area contributed by atoms with Crippen LogP contribution in [0.25, 0.3) is 16.9 Å². The molecule has 24 heavy (non-hydrogen) atoms. The molecule has 3 aromatic rings. The van der Waals surface area contributed by atoms with E-state index < -0.39 is 16.7 Å². The number of primary sulfonamides is 1. The average Bonchev–Trinajstić information content (AvgIpc) is 2.99. The first-order chi connectivity index (χ1) is 11.4. The van der Waals surface area contributed by atoms with Gasteiger partial charge in [-0.3, -0.25) is 0 Å². The van der Waals surface area contributed by atoms with Gasteiger partial charge in [-0.05, 0) is 42.5 Å². The lowest BCUT2D eigenvalue weighted by Gasteiger charge is -2.08. The van der Waals surface area contributed by atoms with Gasteiger partial charge in [-0.1, -0.05) is 23.7 Å². The summed E-state index contributed by atoms with van der Waals surface area (Å²) in [5.74, 6) is 0. The largest absolute Gasteiger partial charge is 0.244 e. The van der Waals surface area contributed by atoms with Crippen LogP contribution in [0.4, 0.5) is 4.39 Å². The van der Waals surface area contributed by atoms with E-state index in [1.165, 1.54) is 12.1 Å². The minimum atomic E-state index is -3.77. The maximum atomic E-state index is 13.0. The van der Waals surface area contributed by atoms with Crippen LogP contribution in [0.15, 0.2) is 59.5 Å². The van der Waals surface area contributed by atoms with E-state index in [0.717, 1.165) is 5.56 Å². The molecule has 0 saturated carbocycles. The number of rotatable bonds is 4. The highest BCUT2D eigenvalue weighted by Crippen LogP contribution is 2.26. The first kappa shape index (κ1) is 16.6. The number of alkyl halides is 1. The van der Waals surface area contributed by atoms with Crippen LogP contribution >= 0.6 is 11.6 Å². The van der Waals surface area contributed by atoms with E-state index in [1.807, 2.05) is 0 Å². The van der Waals surface area contributed by atoms with E-state index in [-0.39, 0.29) is 10.6 Å². The standard InChI is InChI=1S/C16H13ClFN3O2S/c17-12-3-1-11(2-4-12)16-9-13(10-18)20-21(16)14-5-7-15(8-6-14)24(19,22)23/h1-9H,10H2,(H2,19,22,23). The Morgan fingerprint density at radius 3 is 2.25 bits per heavy atom. The van der Waals surface area contributed by atoms with Gasteiger partial charge in [0.25, 0.3) is 0 Å². The number of hydrogen-bond donors (Lipinski definition) is 1. The highest BCUT2D eigenvalue weighted by Gasteiger charge is 2.13. The van der Waals surface area contributed by atoms with Crippen LogP contribution in [0.3, 0.4) is 0 Å². The lowest BCUT2D eigenvalue weighted by atomic mass is 10.1. The highest BCUT2D eigenvalue weighted by atomic mass is 35.5. The molecule has 124 valence electrons. The predicted octanol–water partition coefficient (Wildman–Crippen LogP) is 3.31. The normalized spacial score (nSPS) is 11.6. The number of aromatic nitrogens is 2. The van der Waals surface area contributed by atoms with E-state index in [2.05, 4.69) is 5.10 Å². The van der Waals surface area contributed by atoms with E-state index in [4.69, 9.17) is 16.7 Å². The summed E-state index contributed by atoms with van der Waals surface area (Å²) >= 11 is 5.90. The molecule has 2 aromatic carbocycles. The molecule has 0 aliphatic carbocycles. The van der Waals surface area contributed by atoms with Gasteiger partial charge in [0.1, 0.15) is 6.67 Å². The molecule has 1 heterocycles. The van der Waals surface area contributed by atoms with Crippen molar-refractivity contribution in [3.05, 3.63) is 65.3 Å². The van der Waals surface area contributed by atoms with Crippen molar-refractivity contribution in [2.45, 2.75) is 11.6 Å². The molecule has 8 heteroatoms. The Morgan fingerprint density at radius 1 is 1.08 bits per heavy atom. The van der Waals surface area contributed by atoms with Gasteiger partial charge in [0, 0.05) is 10.6 Å². The smallest absolute Gasteiger partial charge is 0.238 e. The molecule has 0 spiro atoms. The molecule has 0 unspecified atom stereocenters. The Bertz CT molecular complexity index is 968. The minimum absolute atomic E-state index is 0.00263. The number of hydrogen-bond acceptors (Lipinski definition) is 3. The summed E-state index contributed by atoms with van der Waals surface area (Å²) in [4.78, 5) is -0.00263. The van der Waals surface area contributed by atoms with Gasteiger partial charge in [-0.25, -0.2) is 22.6 Å². The van der Waals surface area contributed by atoms with Crippen molar-refractivity contribution in [1.29, 1.82) is 0 Å². The van der Waals surface area contributed by atoms with Gasteiger partial charge in [-0.2, -0.15) is 5.10 Å². The van der Waals surface area contributed by atoms with Crippen LogP contribution in [-0.2, 0) is 16.7 Å². The van der Waals surface area contributed by atoms with Crippen molar-refractivity contribution in [3.8, 4) is 16.9 Å². The zero-order chi connectivity index (χ0) is 17.3. The third-order valence-electron chi connectivity index (χ3n) is 3.45. The first-order valence-corrected chi connectivity index (χ1v) is 8.85. The topological polar surface area (TPSA) is 78.0 Å². The number of nitrogens with two attached hydrogens (primary N) is 1. The van der Waals surface area contributed by atoms with Crippen LogP contribution < -0.4 is 5.14 Å². The fourth-order valence-corrected chi connectivity index (χ4v) is 2.94. The summed E-state index contributed by atoms with van der Waals surface area (Å²) < 4.78 is 37.3. The average molecular weight is 366 g/mol. The van der Waals surface area contributed by atoms with E-state index in [9.17, 15) is 12.8 Å². The molecule has 2 N–H and O–H groups in total. The van der Waals surface area contributed by atoms with E-state index in [0.29, 0.717) is 16.4 Å². The van der Waals surface area contributed by atoms with Crippen molar-refractivity contribution in [2.24, 2.45) is 5.14 Å². The molecule has 0 bridgehead atoms. The summed E-state index contributed by atoms with van der Waals surface area (Å²) in [5, 5.41) is 9.90. The van der Waals surface area contributed by atoms with Gasteiger partial charge in [0.05, 0.1) is 22.0 Å². The van der Waals surface area contributed by atoms with Crippen LogP contribution in [-0.4, -0.2) is 18.2 Å². The van der Waals surface area contributed by atoms with Crippen LogP contribution in [0.2, 0.25) is 5.02 Å². The number of halogens is 2. The molecule has 3 rings (SSSR count). The van der Waals surface area contributed by atoms with Crippen molar-refractivity contribution in [1.82, 2.24) is 9.78 Å². The van der Waals surface area contributed by atoms with E-state index >= 15 is 0 Å². The lowest BCUT2D eigenvalue weighted by molar-refractivity contribution is 0.473. The molecule has 5 nitrogen and oxygen atoms in total. The fraction of sp³-hybridized carbons (Fsp3) is 0.0625. The minimum Gasteiger partial charge on any atom is -0.244 e. The van der Waals surface area contributed by atoms with Crippen LogP contribution in [0.1, 0.15) is 5.69 Å². The van der Waals surface area contributed by atoms with Crippen molar-refractivity contribution < 1.29 is 12.8 Å². The summed E-state index contributed by atoms with van der Waals surface area (Å²) in [6.07, 6.45) is 0. The third kappa shape index (κ3) is 3.33. The second-order valence-corrected chi connectivity index (χ2v) is 7.11. The molecule has 0 fully saturated rings. The maximum Gasteiger partial charge on any atom is 0.238 e. The molecular weight excluding hydrogens is 353 g/mol. The van der Waals surface area contributed by atoms with Gasteiger partial charge < -0.3 is 0 Å². The van der Waals surface area contributed by atoms with Crippen molar-refractivity contribution in [2.75, 3.05) is 0 Å². The van der Waals surface area contributed by atoms with Gasteiger partial charge in [-0.15, -0.1) is 0 Å². The lowest BCUT2D eigenvalue weighted by Crippen LogP contribution is -2.12. The van der Waals surface area contributed by atoms with Crippen LogP contribution in [0, 0.1) is 0 Å². The number of benzene rings is 2. The predicted molar refractivity (Wildman–Crippen MR) is 90.2 cm³/mol. The zero-order valence-corrected chi connectivity index (χ0v) is 13.9. The Morgan fingerprint density at radius 2 is 1.71 bits per heavy atom. The maximum absolute atomic E-state index is 13.0. The molecule has 0 amide bonds. The number of sulfonamides is 1. The second kappa shape index (κ2) is 6.35. The van der Waals surface area contributed by atoms with Crippen molar-refractivity contribution in [3.63, 3.8) is 0 Å². The molecule has 0 radical (unpaired) electrons.